The van der Waals surface area contributed by atoms with Gasteiger partial charge in [-0.3, -0.25) is 4.90 Å². The van der Waals surface area contributed by atoms with Crippen molar-refractivity contribution >= 4 is 15.9 Å². The molecule has 1 aromatic rings. The minimum absolute atomic E-state index is 0.0168. The standard InChI is InChI=1S/C15H23BrN2O/c1-18(9-12-4-3-5-14(16)8-12)15(10-17,11-19-2)13-6-7-13/h3-5,8,13H,6-7,9-11,17H2,1-2H3. The van der Waals surface area contributed by atoms with E-state index >= 15 is 0 Å². The van der Waals surface area contributed by atoms with Crippen LogP contribution in [0.3, 0.4) is 0 Å². The third kappa shape index (κ3) is 3.37. The van der Waals surface area contributed by atoms with Crippen LogP contribution in [0.1, 0.15) is 18.4 Å². The number of ether oxygens (including phenoxy) is 1. The van der Waals surface area contributed by atoms with Crippen LogP contribution in [0.25, 0.3) is 0 Å². The summed E-state index contributed by atoms with van der Waals surface area (Å²) in [6, 6.07) is 8.44. The molecule has 106 valence electrons. The highest BCUT2D eigenvalue weighted by molar-refractivity contribution is 9.10. The molecule has 1 aliphatic rings. The minimum Gasteiger partial charge on any atom is -0.383 e. The summed E-state index contributed by atoms with van der Waals surface area (Å²) in [7, 11) is 3.92. The number of likely N-dealkylation sites (N-methyl/N-ethyl adjacent to an activating group) is 1. The fourth-order valence-corrected chi connectivity index (χ4v) is 3.31. The van der Waals surface area contributed by atoms with Crippen molar-refractivity contribution in [3.8, 4) is 0 Å². The average molecular weight is 327 g/mol. The first-order chi connectivity index (χ1) is 9.12. The molecule has 0 bridgehead atoms. The first-order valence-electron chi connectivity index (χ1n) is 6.77. The number of methoxy groups -OCH3 is 1. The van der Waals surface area contributed by atoms with Crippen molar-refractivity contribution in [2.24, 2.45) is 11.7 Å². The van der Waals surface area contributed by atoms with Gasteiger partial charge in [-0.25, -0.2) is 0 Å². The lowest BCUT2D eigenvalue weighted by Gasteiger charge is -2.41. The van der Waals surface area contributed by atoms with Gasteiger partial charge in [-0.15, -0.1) is 0 Å². The predicted molar refractivity (Wildman–Crippen MR) is 82.0 cm³/mol. The zero-order valence-corrected chi connectivity index (χ0v) is 13.3. The zero-order chi connectivity index (χ0) is 13.9. The van der Waals surface area contributed by atoms with Gasteiger partial charge in [0.1, 0.15) is 0 Å². The van der Waals surface area contributed by atoms with Crippen LogP contribution in [0.5, 0.6) is 0 Å². The summed E-state index contributed by atoms with van der Waals surface area (Å²) in [4.78, 5) is 2.37. The number of nitrogens with zero attached hydrogens (tertiary/aromatic N) is 1. The van der Waals surface area contributed by atoms with Crippen LogP contribution < -0.4 is 5.73 Å². The van der Waals surface area contributed by atoms with Gasteiger partial charge in [-0.05, 0) is 43.5 Å². The molecule has 3 nitrogen and oxygen atoms in total. The third-order valence-corrected chi connectivity index (χ3v) is 4.65. The Morgan fingerprint density at radius 1 is 1.47 bits per heavy atom. The van der Waals surface area contributed by atoms with E-state index in [1.807, 2.05) is 0 Å². The van der Waals surface area contributed by atoms with Gasteiger partial charge in [0.25, 0.3) is 0 Å². The Balaban J connectivity index is 2.13. The van der Waals surface area contributed by atoms with Gasteiger partial charge in [0.05, 0.1) is 12.1 Å². The first-order valence-corrected chi connectivity index (χ1v) is 7.56. The highest BCUT2D eigenvalue weighted by atomic mass is 79.9. The second-order valence-corrected chi connectivity index (χ2v) is 6.42. The number of hydrogen-bond acceptors (Lipinski definition) is 3. The lowest BCUT2D eigenvalue weighted by Crippen LogP contribution is -2.56. The molecule has 0 radical (unpaired) electrons. The molecular weight excluding hydrogens is 304 g/mol. The second-order valence-electron chi connectivity index (χ2n) is 5.50. The van der Waals surface area contributed by atoms with Gasteiger partial charge in [-0.2, -0.15) is 0 Å². The number of nitrogens with two attached hydrogens (primary N) is 1. The summed E-state index contributed by atoms with van der Waals surface area (Å²) in [5, 5.41) is 0. The van der Waals surface area contributed by atoms with Crippen LogP contribution in [0.2, 0.25) is 0 Å². The van der Waals surface area contributed by atoms with Crippen LogP contribution in [-0.4, -0.2) is 37.7 Å². The Kier molecular flexibility index (Phi) is 5.01. The van der Waals surface area contributed by atoms with Gasteiger partial charge in [0.15, 0.2) is 0 Å². The number of halogens is 1. The maximum absolute atomic E-state index is 6.09. The molecule has 0 aliphatic heterocycles. The molecule has 4 heteroatoms. The zero-order valence-electron chi connectivity index (χ0n) is 11.7. The van der Waals surface area contributed by atoms with Gasteiger partial charge in [-0.1, -0.05) is 28.1 Å². The van der Waals surface area contributed by atoms with Crippen LogP contribution >= 0.6 is 15.9 Å². The molecular formula is C15H23BrN2O. The molecule has 1 atom stereocenters. The lowest BCUT2D eigenvalue weighted by atomic mass is 9.91. The van der Waals surface area contributed by atoms with Crippen molar-refractivity contribution in [3.63, 3.8) is 0 Å². The molecule has 0 aromatic heterocycles. The monoisotopic (exact) mass is 326 g/mol. The van der Waals surface area contributed by atoms with Crippen molar-refractivity contribution in [2.45, 2.75) is 24.9 Å². The van der Waals surface area contributed by atoms with Gasteiger partial charge in [0, 0.05) is 24.7 Å². The molecule has 0 spiro atoms. The van der Waals surface area contributed by atoms with E-state index in [1.54, 1.807) is 7.11 Å². The molecule has 1 aromatic carbocycles. The lowest BCUT2D eigenvalue weighted by molar-refractivity contribution is 0.0104. The summed E-state index contributed by atoms with van der Waals surface area (Å²) in [5.74, 6) is 0.676. The Morgan fingerprint density at radius 3 is 2.74 bits per heavy atom. The molecule has 2 rings (SSSR count). The maximum atomic E-state index is 6.09. The number of hydrogen-bond donors (Lipinski definition) is 1. The molecule has 1 unspecified atom stereocenters. The van der Waals surface area contributed by atoms with Crippen molar-refractivity contribution < 1.29 is 4.74 Å². The SMILES string of the molecule is COCC(CN)(C1CC1)N(C)Cc1cccc(Br)c1. The van der Waals surface area contributed by atoms with Crippen LogP contribution in [0.15, 0.2) is 28.7 Å². The Morgan fingerprint density at radius 2 is 2.21 bits per heavy atom. The molecule has 0 saturated heterocycles. The van der Waals surface area contributed by atoms with Crippen LogP contribution in [0, 0.1) is 5.92 Å². The van der Waals surface area contributed by atoms with Gasteiger partial charge >= 0.3 is 0 Å². The van der Waals surface area contributed by atoms with Crippen molar-refractivity contribution in [2.75, 3.05) is 27.3 Å². The Bertz CT molecular complexity index is 422. The Hall–Kier alpha value is -0.420. The average Bonchev–Trinajstić information content (AvgIpc) is 3.20. The van der Waals surface area contributed by atoms with Crippen molar-refractivity contribution in [3.05, 3.63) is 34.3 Å². The van der Waals surface area contributed by atoms with E-state index < -0.39 is 0 Å². The van der Waals surface area contributed by atoms with Gasteiger partial charge < -0.3 is 10.5 Å². The molecule has 2 N–H and O–H groups in total. The summed E-state index contributed by atoms with van der Waals surface area (Å²) >= 11 is 3.52. The fraction of sp³-hybridized carbons (Fsp3) is 0.600. The number of benzene rings is 1. The molecule has 1 aliphatic carbocycles. The van der Waals surface area contributed by atoms with E-state index in [-0.39, 0.29) is 5.54 Å². The summed E-state index contributed by atoms with van der Waals surface area (Å²) in [5.41, 5.74) is 7.37. The van der Waals surface area contributed by atoms with E-state index in [0.29, 0.717) is 19.1 Å². The van der Waals surface area contributed by atoms with E-state index in [9.17, 15) is 0 Å². The number of rotatable bonds is 7. The maximum Gasteiger partial charge on any atom is 0.0661 e. The van der Waals surface area contributed by atoms with E-state index in [2.05, 4.69) is 52.1 Å². The van der Waals surface area contributed by atoms with Crippen LogP contribution in [0.4, 0.5) is 0 Å². The van der Waals surface area contributed by atoms with Gasteiger partial charge in [0.2, 0.25) is 0 Å². The largest absolute Gasteiger partial charge is 0.383 e. The fourth-order valence-electron chi connectivity index (χ4n) is 2.86. The highest BCUT2D eigenvalue weighted by Gasteiger charge is 2.47. The molecule has 1 fully saturated rings. The smallest absolute Gasteiger partial charge is 0.0661 e. The highest BCUT2D eigenvalue weighted by Crippen LogP contribution is 2.43. The first kappa shape index (κ1) is 15.0. The normalized spacial score (nSPS) is 18.6. The second kappa shape index (κ2) is 6.35. The van der Waals surface area contributed by atoms with E-state index in [1.165, 1.54) is 18.4 Å². The molecule has 1 saturated carbocycles. The van der Waals surface area contributed by atoms with E-state index in [4.69, 9.17) is 10.5 Å². The summed E-state index contributed by atoms with van der Waals surface area (Å²) < 4.78 is 6.57. The molecule has 0 amide bonds. The molecule has 0 heterocycles. The predicted octanol–water partition coefficient (Wildman–Crippen LogP) is 2.63. The quantitative estimate of drug-likeness (QED) is 0.837. The Labute approximate surface area is 124 Å². The van der Waals surface area contributed by atoms with E-state index in [0.717, 1.165) is 11.0 Å². The minimum atomic E-state index is -0.0168. The van der Waals surface area contributed by atoms with Crippen LogP contribution in [-0.2, 0) is 11.3 Å². The topological polar surface area (TPSA) is 38.5 Å². The summed E-state index contributed by atoms with van der Waals surface area (Å²) in [6.45, 7) is 2.26. The van der Waals surface area contributed by atoms with Crippen molar-refractivity contribution in [1.82, 2.24) is 4.90 Å². The van der Waals surface area contributed by atoms with Crippen molar-refractivity contribution in [1.29, 1.82) is 0 Å². The molecule has 19 heavy (non-hydrogen) atoms. The summed E-state index contributed by atoms with van der Waals surface area (Å²) in [6.07, 6.45) is 2.53. The third-order valence-electron chi connectivity index (χ3n) is 4.15.